The molecule has 0 aromatic heterocycles. The van der Waals surface area contributed by atoms with Gasteiger partial charge in [-0.3, -0.25) is 0 Å². The van der Waals surface area contributed by atoms with Crippen molar-refractivity contribution in [3.8, 4) is 17.2 Å². The van der Waals surface area contributed by atoms with Crippen LogP contribution in [0.25, 0.3) is 11.1 Å². The highest BCUT2D eigenvalue weighted by Crippen LogP contribution is 2.57. The minimum absolute atomic E-state index is 0.300. The van der Waals surface area contributed by atoms with E-state index in [0.29, 0.717) is 28.1 Å². The van der Waals surface area contributed by atoms with Gasteiger partial charge in [-0.05, 0) is 89.7 Å². The van der Waals surface area contributed by atoms with Gasteiger partial charge in [0.25, 0.3) is 0 Å². The van der Waals surface area contributed by atoms with Gasteiger partial charge in [0.05, 0.1) is 45.6 Å². The van der Waals surface area contributed by atoms with Gasteiger partial charge in [-0.2, -0.15) is 18.4 Å². The van der Waals surface area contributed by atoms with Crippen LogP contribution in [-0.4, -0.2) is 0 Å². The van der Waals surface area contributed by atoms with Crippen LogP contribution in [0.15, 0.2) is 133 Å². The lowest BCUT2D eigenvalue weighted by Gasteiger charge is -2.46. The Morgan fingerprint density at radius 1 is 0.580 bits per heavy atom. The SMILES string of the molecule is CC1(C)C2=CCCC=C2N(c2ccc(C(F)(F)F)cc2-c2cc(C#N)ccc2N2c3ccccc3C(C)(C)c3ccccc32)c2ccccc21. The molecule has 5 aromatic carbocycles. The van der Waals surface area contributed by atoms with Crippen molar-refractivity contribution in [2.45, 2.75) is 57.5 Å². The van der Waals surface area contributed by atoms with E-state index in [4.69, 9.17) is 0 Å². The van der Waals surface area contributed by atoms with Gasteiger partial charge in [-0.25, -0.2) is 0 Å². The van der Waals surface area contributed by atoms with E-state index in [0.717, 1.165) is 57.9 Å². The van der Waals surface area contributed by atoms with Crippen molar-refractivity contribution in [1.82, 2.24) is 0 Å². The van der Waals surface area contributed by atoms with Gasteiger partial charge in [0, 0.05) is 27.7 Å². The molecule has 3 nitrogen and oxygen atoms in total. The number of nitrogens with zero attached hydrogens (tertiary/aromatic N) is 3. The summed E-state index contributed by atoms with van der Waals surface area (Å²) in [5.41, 5.74) is 9.51. The van der Waals surface area contributed by atoms with E-state index >= 15 is 0 Å². The Labute approximate surface area is 291 Å². The molecule has 248 valence electrons. The Morgan fingerprint density at radius 2 is 1.08 bits per heavy atom. The minimum Gasteiger partial charge on any atom is -0.310 e. The fourth-order valence-corrected chi connectivity index (χ4v) is 8.25. The van der Waals surface area contributed by atoms with Crippen LogP contribution >= 0.6 is 0 Å². The van der Waals surface area contributed by atoms with Gasteiger partial charge in [0.2, 0.25) is 0 Å². The average Bonchev–Trinajstić information content (AvgIpc) is 3.12. The second kappa shape index (κ2) is 11.2. The first-order chi connectivity index (χ1) is 23.9. The number of anilines is 5. The Balaban J connectivity index is 1.46. The van der Waals surface area contributed by atoms with Gasteiger partial charge in [-0.1, -0.05) is 94.4 Å². The summed E-state index contributed by atoms with van der Waals surface area (Å²) >= 11 is 0. The standard InChI is InChI=1S/C44H36F3N3/c1-42(2)32-13-5-9-17-38(32)49(39-18-10-6-14-33(39)42)36-23-21-28(27-48)25-30(36)31-26-29(44(45,46)47)22-24-37(31)50-40-19-11-7-15-34(40)43(3,4)35-16-8-12-20-41(35)50/h5-7,9-11,13-26H,8,12H2,1-4H3. The summed E-state index contributed by atoms with van der Waals surface area (Å²) in [5, 5.41) is 10.2. The molecule has 0 unspecified atom stereocenters. The number of halogens is 3. The van der Waals surface area contributed by atoms with Gasteiger partial charge in [0.1, 0.15) is 0 Å². The molecule has 5 aromatic rings. The fraction of sp³-hybridized carbons (Fsp3) is 0.205. The van der Waals surface area contributed by atoms with Crippen LogP contribution in [0.3, 0.4) is 0 Å². The maximum atomic E-state index is 14.7. The summed E-state index contributed by atoms with van der Waals surface area (Å²) in [7, 11) is 0. The Bertz CT molecular complexity index is 2250. The lowest BCUT2D eigenvalue weighted by atomic mass is 9.70. The molecule has 0 bridgehead atoms. The van der Waals surface area contributed by atoms with Crippen molar-refractivity contribution in [2.24, 2.45) is 0 Å². The van der Waals surface area contributed by atoms with Crippen molar-refractivity contribution in [3.63, 3.8) is 0 Å². The van der Waals surface area contributed by atoms with Gasteiger partial charge in [-0.15, -0.1) is 0 Å². The Morgan fingerprint density at radius 3 is 1.68 bits per heavy atom. The molecular weight excluding hydrogens is 627 g/mol. The summed E-state index contributed by atoms with van der Waals surface area (Å²) < 4.78 is 44.0. The zero-order valence-corrected chi connectivity index (χ0v) is 28.4. The Hall–Kier alpha value is -5.54. The van der Waals surface area contributed by atoms with E-state index in [1.54, 1.807) is 18.2 Å². The number of hydrogen-bond donors (Lipinski definition) is 0. The number of benzene rings is 5. The molecule has 2 aliphatic heterocycles. The van der Waals surface area contributed by atoms with E-state index in [-0.39, 0.29) is 10.8 Å². The van der Waals surface area contributed by atoms with Crippen molar-refractivity contribution in [2.75, 3.05) is 9.80 Å². The van der Waals surface area contributed by atoms with Crippen molar-refractivity contribution in [1.29, 1.82) is 5.26 Å². The van der Waals surface area contributed by atoms with E-state index in [1.807, 2.05) is 42.5 Å². The van der Waals surface area contributed by atoms with Crippen LogP contribution < -0.4 is 9.80 Å². The predicted octanol–water partition coefficient (Wildman–Crippen LogP) is 12.4. The molecular formula is C44H36F3N3. The molecule has 3 aliphatic rings. The highest BCUT2D eigenvalue weighted by atomic mass is 19.4. The first-order valence-corrected chi connectivity index (χ1v) is 17.0. The monoisotopic (exact) mass is 663 g/mol. The second-order valence-electron chi connectivity index (χ2n) is 14.3. The summed E-state index contributed by atoms with van der Waals surface area (Å²) in [6, 6.07) is 36.2. The zero-order chi connectivity index (χ0) is 35.0. The average molecular weight is 664 g/mol. The number of hydrogen-bond acceptors (Lipinski definition) is 3. The number of allylic oxidation sites excluding steroid dienone is 3. The maximum absolute atomic E-state index is 14.7. The molecule has 0 saturated carbocycles. The van der Waals surface area contributed by atoms with Gasteiger partial charge in [0.15, 0.2) is 0 Å². The third-order valence-corrected chi connectivity index (χ3v) is 10.7. The van der Waals surface area contributed by atoms with E-state index in [2.05, 4.69) is 92.1 Å². The molecule has 0 spiro atoms. The Kier molecular flexibility index (Phi) is 7.13. The number of rotatable bonds is 3. The highest BCUT2D eigenvalue weighted by molar-refractivity contribution is 5.98. The second-order valence-corrected chi connectivity index (χ2v) is 14.3. The summed E-state index contributed by atoms with van der Waals surface area (Å²) in [6.07, 6.45) is 1.63. The van der Waals surface area contributed by atoms with Crippen molar-refractivity contribution >= 4 is 28.4 Å². The molecule has 1 aliphatic carbocycles. The lowest BCUT2D eigenvalue weighted by Crippen LogP contribution is -2.36. The molecule has 0 saturated heterocycles. The molecule has 6 heteroatoms. The van der Waals surface area contributed by atoms with E-state index in [9.17, 15) is 18.4 Å². The van der Waals surface area contributed by atoms with Crippen LogP contribution in [0, 0.1) is 11.3 Å². The van der Waals surface area contributed by atoms with Crippen LogP contribution in [0.1, 0.15) is 68.4 Å². The molecule has 50 heavy (non-hydrogen) atoms. The van der Waals surface area contributed by atoms with Gasteiger partial charge >= 0.3 is 6.18 Å². The molecule has 0 N–H and O–H groups in total. The van der Waals surface area contributed by atoms with Gasteiger partial charge < -0.3 is 9.80 Å². The number of para-hydroxylation sites is 3. The molecule has 0 atom stereocenters. The molecule has 0 radical (unpaired) electrons. The van der Waals surface area contributed by atoms with Crippen LogP contribution in [0.2, 0.25) is 0 Å². The smallest absolute Gasteiger partial charge is 0.310 e. The van der Waals surface area contributed by atoms with Crippen LogP contribution in [0.4, 0.5) is 41.6 Å². The van der Waals surface area contributed by atoms with E-state index < -0.39 is 11.7 Å². The largest absolute Gasteiger partial charge is 0.416 e. The molecule has 2 heterocycles. The summed E-state index contributed by atoms with van der Waals surface area (Å²) in [4.78, 5) is 4.28. The lowest BCUT2D eigenvalue weighted by molar-refractivity contribution is -0.137. The number of alkyl halides is 3. The third kappa shape index (κ3) is 4.71. The first-order valence-electron chi connectivity index (χ1n) is 17.0. The topological polar surface area (TPSA) is 30.3 Å². The third-order valence-electron chi connectivity index (χ3n) is 10.7. The van der Waals surface area contributed by atoms with Crippen LogP contribution in [-0.2, 0) is 17.0 Å². The minimum atomic E-state index is -4.58. The predicted molar refractivity (Wildman–Crippen MR) is 195 cm³/mol. The van der Waals surface area contributed by atoms with E-state index in [1.165, 1.54) is 12.1 Å². The molecule has 0 amide bonds. The summed E-state index contributed by atoms with van der Waals surface area (Å²) in [5.74, 6) is 0. The number of fused-ring (bicyclic) bond motifs is 4. The molecule has 8 rings (SSSR count). The zero-order valence-electron chi connectivity index (χ0n) is 28.4. The molecule has 0 fully saturated rings. The normalized spacial score (nSPS) is 17.0. The highest BCUT2D eigenvalue weighted by Gasteiger charge is 2.42. The first kappa shape index (κ1) is 31.7. The maximum Gasteiger partial charge on any atom is 0.416 e. The fourth-order valence-electron chi connectivity index (χ4n) is 8.25. The van der Waals surface area contributed by atoms with Crippen molar-refractivity contribution in [3.05, 3.63) is 160 Å². The quantitative estimate of drug-likeness (QED) is 0.192. The van der Waals surface area contributed by atoms with Crippen molar-refractivity contribution < 1.29 is 13.2 Å². The van der Waals surface area contributed by atoms with Crippen LogP contribution in [0.5, 0.6) is 0 Å². The summed E-state index contributed by atoms with van der Waals surface area (Å²) in [6.45, 7) is 8.82. The number of nitriles is 1.